The Hall–Kier alpha value is -1.81. The molecule has 1 aromatic carbocycles. The number of benzene rings is 1. The fraction of sp³-hybridized carbons (Fsp3) is 0.720. The number of hydrogen-bond acceptors (Lipinski definition) is 4. The van der Waals surface area contributed by atoms with Crippen molar-refractivity contribution in [3.8, 4) is 5.75 Å². The van der Waals surface area contributed by atoms with Crippen molar-refractivity contribution in [3.05, 3.63) is 28.8 Å². The van der Waals surface area contributed by atoms with Crippen molar-refractivity contribution in [3.63, 3.8) is 0 Å². The van der Waals surface area contributed by atoms with Crippen molar-refractivity contribution < 1.29 is 46.7 Å². The van der Waals surface area contributed by atoms with Crippen LogP contribution < -0.4 is 10.1 Å². The molecule has 1 aromatic rings. The summed E-state index contributed by atoms with van der Waals surface area (Å²) in [6.07, 6.45) is -2.92. The number of phosphoric acid groups is 1. The number of fused-ring (bicyclic) bond motifs is 1. The van der Waals surface area contributed by atoms with Crippen LogP contribution in [0.4, 0.5) is 18.0 Å². The van der Waals surface area contributed by atoms with Gasteiger partial charge in [-0.05, 0) is 86.3 Å². The third-order valence-corrected chi connectivity index (χ3v) is 8.35. The van der Waals surface area contributed by atoms with Gasteiger partial charge < -0.3 is 24.9 Å². The molecule has 0 unspecified atom stereocenters. The van der Waals surface area contributed by atoms with Crippen LogP contribution >= 0.6 is 7.82 Å². The van der Waals surface area contributed by atoms with Crippen molar-refractivity contribution in [2.45, 2.75) is 90.5 Å². The van der Waals surface area contributed by atoms with E-state index in [0.29, 0.717) is 24.3 Å². The average molecular weight is 552 g/mol. The number of nitrogens with one attached hydrogen (secondary N) is 1. The minimum Gasteiger partial charge on any atom is -0.490 e. The van der Waals surface area contributed by atoms with Crippen molar-refractivity contribution in [2.24, 2.45) is 17.3 Å². The third-order valence-electron chi connectivity index (χ3n) is 7.88. The molecule has 0 spiro atoms. The summed E-state index contributed by atoms with van der Waals surface area (Å²) in [7, 11) is -4.89. The summed E-state index contributed by atoms with van der Waals surface area (Å²) in [5.41, 5.74) is -1.55. The Kier molecular flexibility index (Phi) is 8.64. The maximum Gasteiger partial charge on any atom is 0.469 e. The van der Waals surface area contributed by atoms with E-state index < -0.39 is 43.7 Å². The number of hydrogen-bond donors (Lipinski definition) is 4. The van der Waals surface area contributed by atoms with Gasteiger partial charge in [0.1, 0.15) is 11.3 Å². The molecule has 2 aliphatic rings. The van der Waals surface area contributed by atoms with Crippen molar-refractivity contribution in [1.82, 2.24) is 5.32 Å². The molecule has 2 atom stereocenters. The zero-order valence-corrected chi connectivity index (χ0v) is 22.5. The van der Waals surface area contributed by atoms with Crippen LogP contribution in [0.15, 0.2) is 12.1 Å². The zero-order valence-electron chi connectivity index (χ0n) is 21.6. The smallest absolute Gasteiger partial charge is 0.469 e. The van der Waals surface area contributed by atoms with Gasteiger partial charge >= 0.3 is 20.1 Å². The quantitative estimate of drug-likeness (QED) is 0.310. The van der Waals surface area contributed by atoms with E-state index in [1.165, 1.54) is 13.0 Å². The van der Waals surface area contributed by atoms with E-state index in [4.69, 9.17) is 14.5 Å². The summed E-state index contributed by atoms with van der Waals surface area (Å²) >= 11 is 0. The van der Waals surface area contributed by atoms with Gasteiger partial charge in [0.15, 0.2) is 0 Å². The van der Waals surface area contributed by atoms with E-state index in [1.54, 1.807) is 6.07 Å². The fourth-order valence-electron chi connectivity index (χ4n) is 5.73. The summed E-state index contributed by atoms with van der Waals surface area (Å²) < 4.78 is 64.6. The summed E-state index contributed by atoms with van der Waals surface area (Å²) in [4.78, 5) is 29.6. The van der Waals surface area contributed by atoms with Gasteiger partial charge in [0.2, 0.25) is 0 Å². The topological polar surface area (TPSA) is 125 Å². The molecule has 0 radical (unpaired) electrons. The van der Waals surface area contributed by atoms with E-state index in [2.05, 4.69) is 30.6 Å². The fourth-order valence-corrected chi connectivity index (χ4v) is 6.17. The third kappa shape index (κ3) is 7.62. The maximum atomic E-state index is 14.3. The molecule has 1 saturated carbocycles. The lowest BCUT2D eigenvalue weighted by molar-refractivity contribution is -0.140. The molecule has 4 N–H and O–H groups in total. The van der Waals surface area contributed by atoms with Crippen LogP contribution in [0, 0.1) is 17.3 Å². The number of phosphoric ester groups is 1. The molecule has 3 rings (SSSR count). The number of rotatable bonds is 7. The van der Waals surface area contributed by atoms with Gasteiger partial charge in [-0.3, -0.25) is 4.52 Å². The van der Waals surface area contributed by atoms with Crippen LogP contribution in [0.3, 0.4) is 0 Å². The van der Waals surface area contributed by atoms with Gasteiger partial charge in [0, 0.05) is 0 Å². The lowest BCUT2D eigenvalue weighted by Crippen LogP contribution is -2.55. The average Bonchev–Trinajstić information content (AvgIpc) is 2.75. The standard InChI is InChI=1S/C25H37F3NO7P/c1-23(2,3)16-6-9-18(10-7-16)36-20-12-5-15-13-17(8-11-19(15)21(20)25(26,27)28)24(4,29-22(30)31)14-35-37(32,33)34/h5,12,16-18,29H,6-11,13-14H2,1-4H3,(H,30,31)(H2,32,33,34)/t16?,17-,18?,24-/m0/s1. The van der Waals surface area contributed by atoms with Crippen molar-refractivity contribution >= 4 is 13.9 Å². The number of alkyl halides is 3. The molecular formula is C25H37F3NO7P. The molecule has 37 heavy (non-hydrogen) atoms. The van der Waals surface area contributed by atoms with Crippen LogP contribution in [0.5, 0.6) is 5.75 Å². The molecule has 12 heteroatoms. The Morgan fingerprint density at radius 1 is 1.05 bits per heavy atom. The highest BCUT2D eigenvalue weighted by Gasteiger charge is 2.44. The molecule has 1 fully saturated rings. The first-order chi connectivity index (χ1) is 16.9. The Bertz CT molecular complexity index is 1030. The monoisotopic (exact) mass is 551 g/mol. The van der Waals surface area contributed by atoms with Crippen LogP contribution in [0.1, 0.15) is 76.5 Å². The predicted molar refractivity (Wildman–Crippen MR) is 130 cm³/mol. The van der Waals surface area contributed by atoms with Gasteiger partial charge in [0.05, 0.1) is 18.2 Å². The van der Waals surface area contributed by atoms with E-state index in [0.717, 1.165) is 12.8 Å². The molecule has 210 valence electrons. The summed E-state index contributed by atoms with van der Waals surface area (Å²) in [6.45, 7) is 7.32. The molecule has 0 heterocycles. The summed E-state index contributed by atoms with van der Waals surface area (Å²) in [5, 5.41) is 11.5. The first-order valence-corrected chi connectivity index (χ1v) is 14.0. The first-order valence-electron chi connectivity index (χ1n) is 12.5. The molecule has 8 nitrogen and oxygen atoms in total. The van der Waals surface area contributed by atoms with Gasteiger partial charge in [-0.1, -0.05) is 26.8 Å². The van der Waals surface area contributed by atoms with Crippen LogP contribution in [0.25, 0.3) is 0 Å². The summed E-state index contributed by atoms with van der Waals surface area (Å²) in [6, 6.07) is 2.92. The molecule has 0 aliphatic heterocycles. The van der Waals surface area contributed by atoms with Gasteiger partial charge in [0.25, 0.3) is 0 Å². The largest absolute Gasteiger partial charge is 0.490 e. The van der Waals surface area contributed by atoms with Crippen molar-refractivity contribution in [1.29, 1.82) is 0 Å². The lowest BCUT2D eigenvalue weighted by Gasteiger charge is -2.41. The Labute approximate surface area is 215 Å². The van der Waals surface area contributed by atoms with Gasteiger partial charge in [-0.15, -0.1) is 0 Å². The number of carboxylic acid groups (broad SMARTS) is 1. The second-order valence-electron chi connectivity index (χ2n) is 11.6. The molecule has 2 aliphatic carbocycles. The highest BCUT2D eigenvalue weighted by Crippen LogP contribution is 2.47. The first kappa shape index (κ1) is 29.7. The Balaban J connectivity index is 1.84. The zero-order chi connectivity index (χ0) is 27.8. The van der Waals surface area contributed by atoms with Gasteiger partial charge in [-0.2, -0.15) is 13.2 Å². The SMILES string of the molecule is CC(C)(C)C1CCC(Oc2ccc3c(c2C(F)(F)F)CC[C@H]([C@](C)(COP(=O)(O)O)NC(=O)O)C3)CC1. The summed E-state index contributed by atoms with van der Waals surface area (Å²) in [5.74, 6) is -0.235. The van der Waals surface area contributed by atoms with E-state index >= 15 is 0 Å². The van der Waals surface area contributed by atoms with Crippen molar-refractivity contribution in [2.75, 3.05) is 6.61 Å². The number of halogens is 3. The molecular weight excluding hydrogens is 514 g/mol. The van der Waals surface area contributed by atoms with Crippen LogP contribution in [-0.4, -0.2) is 39.2 Å². The molecule has 1 amide bonds. The normalized spacial score (nSPS) is 24.6. The van der Waals surface area contributed by atoms with E-state index in [1.807, 2.05) is 0 Å². The Morgan fingerprint density at radius 2 is 1.68 bits per heavy atom. The maximum absolute atomic E-state index is 14.3. The highest BCUT2D eigenvalue weighted by molar-refractivity contribution is 7.46. The van der Waals surface area contributed by atoms with E-state index in [9.17, 15) is 27.6 Å². The van der Waals surface area contributed by atoms with E-state index in [-0.39, 0.29) is 42.1 Å². The predicted octanol–water partition coefficient (Wildman–Crippen LogP) is 5.93. The number of carbonyl (C=O) groups is 1. The second kappa shape index (κ2) is 10.8. The van der Waals surface area contributed by atoms with Gasteiger partial charge in [-0.25, -0.2) is 9.36 Å². The second-order valence-corrected chi connectivity index (χ2v) is 12.8. The van der Waals surface area contributed by atoms with Crippen LogP contribution in [-0.2, 0) is 28.1 Å². The Morgan fingerprint density at radius 3 is 2.19 bits per heavy atom. The molecule has 0 saturated heterocycles. The lowest BCUT2D eigenvalue weighted by atomic mass is 9.72. The number of ether oxygens (including phenoxy) is 1. The number of amides is 1. The molecule has 0 aromatic heterocycles. The minimum absolute atomic E-state index is 0.00953. The highest BCUT2D eigenvalue weighted by atomic mass is 31.2. The minimum atomic E-state index is -4.89. The van der Waals surface area contributed by atoms with Crippen LogP contribution in [0.2, 0.25) is 0 Å². The molecule has 0 bridgehead atoms.